The molecule has 0 spiro atoms. The lowest BCUT2D eigenvalue weighted by atomic mass is 10.2. The van der Waals surface area contributed by atoms with Gasteiger partial charge in [0.1, 0.15) is 22.9 Å². The summed E-state index contributed by atoms with van der Waals surface area (Å²) in [7, 11) is 1.19. The summed E-state index contributed by atoms with van der Waals surface area (Å²) in [6, 6.07) is 9.96. The van der Waals surface area contributed by atoms with Gasteiger partial charge in [-0.05, 0) is 36.8 Å². The van der Waals surface area contributed by atoms with Crippen molar-refractivity contribution < 1.29 is 18.7 Å². The average molecular weight is 339 g/mol. The van der Waals surface area contributed by atoms with E-state index in [4.69, 9.17) is 4.74 Å². The maximum absolute atomic E-state index is 13.9. The second-order valence-electron chi connectivity index (χ2n) is 4.17. The molecule has 0 N–H and O–H groups in total. The molecule has 2 aromatic carbocycles. The molecule has 0 fully saturated rings. The number of rotatable bonds is 3. The summed E-state index contributed by atoms with van der Waals surface area (Å²) in [6.07, 6.45) is 0. The van der Waals surface area contributed by atoms with Crippen LogP contribution in [0.15, 0.2) is 40.9 Å². The van der Waals surface area contributed by atoms with Crippen molar-refractivity contribution in [1.29, 1.82) is 0 Å². The zero-order valence-corrected chi connectivity index (χ0v) is 12.5. The molecule has 0 aromatic heterocycles. The van der Waals surface area contributed by atoms with E-state index in [1.165, 1.54) is 19.2 Å². The molecular formula is C15H12BrFO3. The third-order valence-corrected chi connectivity index (χ3v) is 3.08. The Morgan fingerprint density at radius 2 is 2.00 bits per heavy atom. The average Bonchev–Trinajstić information content (AvgIpc) is 2.37. The summed E-state index contributed by atoms with van der Waals surface area (Å²) >= 11 is 3.17. The molecule has 20 heavy (non-hydrogen) atoms. The molecule has 0 heterocycles. The maximum Gasteiger partial charge on any atom is 0.344 e. The zero-order valence-electron chi connectivity index (χ0n) is 10.9. The summed E-state index contributed by atoms with van der Waals surface area (Å²) in [5, 5.41) is 0. The first-order valence-electron chi connectivity index (χ1n) is 5.83. The van der Waals surface area contributed by atoms with Gasteiger partial charge in [-0.2, -0.15) is 0 Å². The smallest absolute Gasteiger partial charge is 0.344 e. The fourth-order valence-electron chi connectivity index (χ4n) is 1.74. The van der Waals surface area contributed by atoms with Crippen molar-refractivity contribution in [1.82, 2.24) is 0 Å². The molecule has 0 amide bonds. The lowest BCUT2D eigenvalue weighted by molar-refractivity contribution is 0.0592. The van der Waals surface area contributed by atoms with Gasteiger partial charge in [-0.3, -0.25) is 0 Å². The third-order valence-electron chi connectivity index (χ3n) is 2.63. The van der Waals surface area contributed by atoms with Gasteiger partial charge in [-0.25, -0.2) is 9.18 Å². The number of methoxy groups -OCH3 is 1. The fourth-order valence-corrected chi connectivity index (χ4v) is 2.15. The topological polar surface area (TPSA) is 35.5 Å². The third kappa shape index (κ3) is 3.17. The molecule has 0 aliphatic carbocycles. The Morgan fingerprint density at radius 3 is 2.65 bits per heavy atom. The molecule has 5 heteroatoms. The van der Waals surface area contributed by atoms with Crippen molar-refractivity contribution in [2.45, 2.75) is 6.92 Å². The molecule has 0 aliphatic heterocycles. The highest BCUT2D eigenvalue weighted by Crippen LogP contribution is 2.31. The minimum absolute atomic E-state index is 0.106. The Hall–Kier alpha value is -1.88. The molecule has 3 nitrogen and oxygen atoms in total. The first-order valence-corrected chi connectivity index (χ1v) is 6.62. The van der Waals surface area contributed by atoms with Crippen LogP contribution >= 0.6 is 15.9 Å². The van der Waals surface area contributed by atoms with Crippen molar-refractivity contribution in [3.05, 3.63) is 57.8 Å². The van der Waals surface area contributed by atoms with Gasteiger partial charge in [0.05, 0.1) is 7.11 Å². The number of carbonyl (C=O) groups excluding carboxylic acids is 1. The number of hydrogen-bond donors (Lipinski definition) is 0. The molecule has 0 saturated heterocycles. The van der Waals surface area contributed by atoms with Crippen LogP contribution in [-0.2, 0) is 4.74 Å². The van der Waals surface area contributed by atoms with E-state index in [0.717, 1.165) is 5.56 Å². The highest BCUT2D eigenvalue weighted by Gasteiger charge is 2.20. The van der Waals surface area contributed by atoms with Crippen molar-refractivity contribution >= 4 is 21.9 Å². The summed E-state index contributed by atoms with van der Waals surface area (Å²) < 4.78 is 24.6. The molecule has 104 valence electrons. The first-order chi connectivity index (χ1) is 9.51. The Bertz CT molecular complexity index is 656. The number of hydrogen-bond acceptors (Lipinski definition) is 3. The van der Waals surface area contributed by atoms with Crippen molar-refractivity contribution in [3.8, 4) is 11.5 Å². The molecule has 2 rings (SSSR count). The SMILES string of the molecule is COC(=O)c1c(F)cc(Br)cc1Oc1cccc(C)c1. The molecule has 2 aromatic rings. The molecule has 0 saturated carbocycles. The number of ether oxygens (including phenoxy) is 2. The minimum atomic E-state index is -0.780. The summed E-state index contributed by atoms with van der Waals surface area (Å²) in [6.45, 7) is 1.91. The molecule has 0 atom stereocenters. The van der Waals surface area contributed by atoms with Crippen LogP contribution in [0.1, 0.15) is 15.9 Å². The van der Waals surface area contributed by atoms with E-state index in [1.54, 1.807) is 12.1 Å². The van der Waals surface area contributed by atoms with Gasteiger partial charge < -0.3 is 9.47 Å². The summed E-state index contributed by atoms with van der Waals surface area (Å²) in [4.78, 5) is 11.7. The van der Waals surface area contributed by atoms with E-state index < -0.39 is 11.8 Å². The first kappa shape index (κ1) is 14.5. The van der Waals surface area contributed by atoms with Crippen LogP contribution in [0, 0.1) is 12.7 Å². The maximum atomic E-state index is 13.9. The van der Waals surface area contributed by atoms with Crippen LogP contribution < -0.4 is 4.74 Å². The van der Waals surface area contributed by atoms with Gasteiger partial charge in [0.2, 0.25) is 0 Å². The highest BCUT2D eigenvalue weighted by molar-refractivity contribution is 9.10. The number of carbonyl (C=O) groups is 1. The van der Waals surface area contributed by atoms with Gasteiger partial charge in [0, 0.05) is 4.47 Å². The van der Waals surface area contributed by atoms with Crippen LogP contribution in [0.3, 0.4) is 0 Å². The van der Waals surface area contributed by atoms with Crippen molar-refractivity contribution in [3.63, 3.8) is 0 Å². The van der Waals surface area contributed by atoms with Crippen LogP contribution in [-0.4, -0.2) is 13.1 Å². The molecule has 0 unspecified atom stereocenters. The monoisotopic (exact) mass is 338 g/mol. The van der Waals surface area contributed by atoms with E-state index >= 15 is 0 Å². The Labute approximate surface area is 124 Å². The normalized spacial score (nSPS) is 10.2. The largest absolute Gasteiger partial charge is 0.465 e. The molecular weight excluding hydrogens is 327 g/mol. The summed E-state index contributed by atoms with van der Waals surface area (Å²) in [5.41, 5.74) is 0.773. The molecule has 0 bridgehead atoms. The van der Waals surface area contributed by atoms with Gasteiger partial charge >= 0.3 is 5.97 Å². The van der Waals surface area contributed by atoms with E-state index in [9.17, 15) is 9.18 Å². The van der Waals surface area contributed by atoms with Gasteiger partial charge in [-0.15, -0.1) is 0 Å². The predicted octanol–water partition coefficient (Wildman–Crippen LogP) is 4.48. The second kappa shape index (κ2) is 6.05. The quantitative estimate of drug-likeness (QED) is 0.774. The second-order valence-corrected chi connectivity index (χ2v) is 5.09. The van der Waals surface area contributed by atoms with Gasteiger partial charge in [-0.1, -0.05) is 28.1 Å². The fraction of sp³-hybridized carbons (Fsp3) is 0.133. The standard InChI is InChI=1S/C15H12BrFO3/c1-9-4-3-5-11(6-9)20-13-8-10(16)7-12(17)14(13)15(18)19-2/h3-8H,1-2H3. The number of esters is 1. The van der Waals surface area contributed by atoms with E-state index in [-0.39, 0.29) is 11.3 Å². The Balaban J connectivity index is 2.47. The molecule has 0 radical (unpaired) electrons. The Morgan fingerprint density at radius 1 is 1.25 bits per heavy atom. The van der Waals surface area contributed by atoms with Gasteiger partial charge in [0.15, 0.2) is 0 Å². The van der Waals surface area contributed by atoms with Crippen LogP contribution in [0.25, 0.3) is 0 Å². The van der Waals surface area contributed by atoms with Crippen LogP contribution in [0.4, 0.5) is 4.39 Å². The van der Waals surface area contributed by atoms with Crippen LogP contribution in [0.2, 0.25) is 0 Å². The number of halogens is 2. The predicted molar refractivity (Wildman–Crippen MR) is 76.7 cm³/mol. The minimum Gasteiger partial charge on any atom is -0.465 e. The van der Waals surface area contributed by atoms with E-state index in [2.05, 4.69) is 20.7 Å². The molecule has 0 aliphatic rings. The van der Waals surface area contributed by atoms with Crippen LogP contribution in [0.5, 0.6) is 11.5 Å². The van der Waals surface area contributed by atoms with E-state index in [0.29, 0.717) is 10.2 Å². The van der Waals surface area contributed by atoms with E-state index in [1.807, 2.05) is 19.1 Å². The number of aryl methyl sites for hydroxylation is 1. The van der Waals surface area contributed by atoms with Crippen molar-refractivity contribution in [2.75, 3.05) is 7.11 Å². The highest BCUT2D eigenvalue weighted by atomic mass is 79.9. The summed E-state index contributed by atoms with van der Waals surface area (Å²) in [5.74, 6) is -0.853. The number of benzene rings is 2. The van der Waals surface area contributed by atoms with Crippen molar-refractivity contribution in [2.24, 2.45) is 0 Å². The zero-order chi connectivity index (χ0) is 14.7. The lowest BCUT2D eigenvalue weighted by Crippen LogP contribution is -2.07. The lowest BCUT2D eigenvalue weighted by Gasteiger charge is -2.11. The Kier molecular flexibility index (Phi) is 4.39. The van der Waals surface area contributed by atoms with Gasteiger partial charge in [0.25, 0.3) is 0 Å².